The van der Waals surface area contributed by atoms with Gasteiger partial charge in [0.15, 0.2) is 5.69 Å². The Balaban J connectivity index is 2.67. The van der Waals surface area contributed by atoms with Crippen LogP contribution >= 0.6 is 15.9 Å². The lowest BCUT2D eigenvalue weighted by Crippen LogP contribution is -2.02. The highest BCUT2D eigenvalue weighted by Gasteiger charge is 2.19. The minimum absolute atomic E-state index is 0.0857. The lowest BCUT2D eigenvalue weighted by atomic mass is 10.3. The fraction of sp³-hybridized carbons (Fsp3) is 0.111. The quantitative estimate of drug-likeness (QED) is 0.625. The Labute approximate surface area is 99.2 Å². The van der Waals surface area contributed by atoms with Gasteiger partial charge in [0.1, 0.15) is 6.20 Å². The van der Waals surface area contributed by atoms with Crippen LogP contribution in [-0.2, 0) is 0 Å². The molecular weight excluding hydrogens is 276 g/mol. The third-order valence-corrected chi connectivity index (χ3v) is 2.58. The zero-order valence-electron chi connectivity index (χ0n) is 8.29. The molecular formula is C9H7BrN4O2. The molecule has 6 nitrogen and oxygen atoms in total. The molecule has 2 rings (SSSR count). The van der Waals surface area contributed by atoms with E-state index in [0.717, 1.165) is 5.69 Å². The van der Waals surface area contributed by atoms with Crippen LogP contribution in [0.2, 0.25) is 0 Å². The second kappa shape index (κ2) is 4.01. The Morgan fingerprint density at radius 2 is 2.25 bits per heavy atom. The molecule has 0 aromatic carbocycles. The molecule has 7 heteroatoms. The van der Waals surface area contributed by atoms with Crippen LogP contribution in [0.15, 0.2) is 29.1 Å². The maximum absolute atomic E-state index is 10.9. The van der Waals surface area contributed by atoms with Crippen molar-refractivity contribution in [3.8, 4) is 5.69 Å². The Morgan fingerprint density at radius 1 is 1.50 bits per heavy atom. The molecule has 0 bridgehead atoms. The Kier molecular flexibility index (Phi) is 2.69. The van der Waals surface area contributed by atoms with Crippen molar-refractivity contribution >= 4 is 21.6 Å². The van der Waals surface area contributed by atoms with E-state index in [9.17, 15) is 10.1 Å². The summed E-state index contributed by atoms with van der Waals surface area (Å²) in [6.07, 6.45) is 4.37. The maximum atomic E-state index is 10.9. The van der Waals surface area contributed by atoms with Gasteiger partial charge < -0.3 is 0 Å². The molecule has 0 aliphatic carbocycles. The molecule has 0 atom stereocenters. The van der Waals surface area contributed by atoms with Crippen molar-refractivity contribution < 1.29 is 4.92 Å². The molecule has 0 radical (unpaired) electrons. The molecule has 82 valence electrons. The third kappa shape index (κ3) is 1.81. The van der Waals surface area contributed by atoms with Crippen LogP contribution in [-0.4, -0.2) is 19.7 Å². The molecule has 2 aromatic heterocycles. The summed E-state index contributed by atoms with van der Waals surface area (Å²) in [5.41, 5.74) is 1.09. The van der Waals surface area contributed by atoms with E-state index in [1.54, 1.807) is 12.3 Å². The van der Waals surface area contributed by atoms with Crippen LogP contribution in [0.4, 0.5) is 5.69 Å². The smallest absolute Gasteiger partial charge is 0.258 e. The van der Waals surface area contributed by atoms with Crippen molar-refractivity contribution in [2.75, 3.05) is 0 Å². The number of aromatic nitrogens is 3. The van der Waals surface area contributed by atoms with Gasteiger partial charge in [-0.2, -0.15) is 5.10 Å². The number of pyridine rings is 1. The van der Waals surface area contributed by atoms with Gasteiger partial charge in [-0.05, 0) is 28.9 Å². The third-order valence-electron chi connectivity index (χ3n) is 2.00. The summed E-state index contributed by atoms with van der Waals surface area (Å²) < 4.78 is 1.99. The van der Waals surface area contributed by atoms with Gasteiger partial charge in [-0.3, -0.25) is 15.1 Å². The number of rotatable bonds is 2. The molecule has 16 heavy (non-hydrogen) atoms. The van der Waals surface area contributed by atoms with E-state index in [4.69, 9.17) is 0 Å². The van der Waals surface area contributed by atoms with Crippen molar-refractivity contribution in [3.63, 3.8) is 0 Å². The number of aryl methyl sites for hydroxylation is 1. The molecule has 0 saturated carbocycles. The predicted octanol–water partition coefficient (Wildman–Crippen LogP) is 2.25. The Hall–Kier alpha value is -1.76. The number of hydrogen-bond donors (Lipinski definition) is 0. The lowest BCUT2D eigenvalue weighted by molar-refractivity contribution is -0.385. The zero-order chi connectivity index (χ0) is 11.7. The van der Waals surface area contributed by atoms with E-state index in [1.165, 1.54) is 17.1 Å². The second-order valence-corrected chi connectivity index (χ2v) is 4.00. The first-order chi connectivity index (χ1) is 7.59. The van der Waals surface area contributed by atoms with Gasteiger partial charge in [0, 0.05) is 12.4 Å². The molecule has 0 fully saturated rings. The summed E-state index contributed by atoms with van der Waals surface area (Å²) in [7, 11) is 0. The normalized spacial score (nSPS) is 10.4. The SMILES string of the molecule is Cc1ccn(-c2c(Br)cncc2[N+](=O)[O-])n1. The average molecular weight is 283 g/mol. The summed E-state index contributed by atoms with van der Waals surface area (Å²) in [5.74, 6) is 0. The van der Waals surface area contributed by atoms with Crippen molar-refractivity contribution in [1.82, 2.24) is 14.8 Å². The second-order valence-electron chi connectivity index (χ2n) is 3.15. The maximum Gasteiger partial charge on any atom is 0.314 e. The van der Waals surface area contributed by atoms with E-state index in [2.05, 4.69) is 26.0 Å². The first-order valence-corrected chi connectivity index (χ1v) is 5.19. The van der Waals surface area contributed by atoms with Crippen LogP contribution in [0.1, 0.15) is 5.69 Å². The monoisotopic (exact) mass is 282 g/mol. The van der Waals surface area contributed by atoms with E-state index in [1.807, 2.05) is 6.92 Å². The fourth-order valence-electron chi connectivity index (χ4n) is 1.32. The number of hydrogen-bond acceptors (Lipinski definition) is 4. The summed E-state index contributed by atoms with van der Waals surface area (Å²) in [4.78, 5) is 14.1. The topological polar surface area (TPSA) is 73.8 Å². The first-order valence-electron chi connectivity index (χ1n) is 4.40. The fourth-order valence-corrected chi connectivity index (χ4v) is 1.82. The highest BCUT2D eigenvalue weighted by Crippen LogP contribution is 2.28. The van der Waals surface area contributed by atoms with Gasteiger partial charge in [-0.25, -0.2) is 4.68 Å². The largest absolute Gasteiger partial charge is 0.314 e. The van der Waals surface area contributed by atoms with Crippen LogP contribution < -0.4 is 0 Å². The van der Waals surface area contributed by atoms with Gasteiger partial charge in [-0.1, -0.05) is 0 Å². The van der Waals surface area contributed by atoms with E-state index >= 15 is 0 Å². The summed E-state index contributed by atoms with van der Waals surface area (Å²) in [6, 6.07) is 1.77. The van der Waals surface area contributed by atoms with Crippen LogP contribution in [0.3, 0.4) is 0 Å². The van der Waals surface area contributed by atoms with Crippen molar-refractivity contribution in [3.05, 3.63) is 44.9 Å². The predicted molar refractivity (Wildman–Crippen MR) is 60.5 cm³/mol. The van der Waals surface area contributed by atoms with Gasteiger partial charge in [0.2, 0.25) is 0 Å². The Bertz CT molecular complexity index is 552. The van der Waals surface area contributed by atoms with E-state index in [-0.39, 0.29) is 5.69 Å². The standard InChI is InChI=1S/C9H7BrN4O2/c1-6-2-3-13(12-6)9-7(10)4-11-5-8(9)14(15)16/h2-5H,1H3. The van der Waals surface area contributed by atoms with Gasteiger partial charge >= 0.3 is 5.69 Å². The summed E-state index contributed by atoms with van der Waals surface area (Å²) in [6.45, 7) is 1.82. The molecule has 0 aliphatic heterocycles. The van der Waals surface area contributed by atoms with Gasteiger partial charge in [0.05, 0.1) is 15.1 Å². The van der Waals surface area contributed by atoms with Crippen LogP contribution in [0.5, 0.6) is 0 Å². The number of nitro groups is 1. The Morgan fingerprint density at radius 3 is 2.81 bits per heavy atom. The van der Waals surface area contributed by atoms with Gasteiger partial charge in [-0.15, -0.1) is 0 Å². The number of nitrogens with zero attached hydrogens (tertiary/aromatic N) is 4. The molecule has 0 saturated heterocycles. The molecule has 0 spiro atoms. The average Bonchev–Trinajstić information content (AvgIpc) is 2.64. The highest BCUT2D eigenvalue weighted by atomic mass is 79.9. The zero-order valence-corrected chi connectivity index (χ0v) is 9.88. The van der Waals surface area contributed by atoms with Crippen molar-refractivity contribution in [1.29, 1.82) is 0 Å². The van der Waals surface area contributed by atoms with E-state index in [0.29, 0.717) is 10.2 Å². The first kappa shape index (κ1) is 10.7. The molecule has 0 N–H and O–H groups in total. The van der Waals surface area contributed by atoms with Gasteiger partial charge in [0.25, 0.3) is 0 Å². The minimum Gasteiger partial charge on any atom is -0.258 e. The molecule has 2 aromatic rings. The van der Waals surface area contributed by atoms with Crippen molar-refractivity contribution in [2.45, 2.75) is 6.92 Å². The van der Waals surface area contributed by atoms with Crippen molar-refractivity contribution in [2.24, 2.45) is 0 Å². The number of halogens is 1. The summed E-state index contributed by atoms with van der Waals surface area (Å²) in [5, 5.41) is 15.0. The molecule has 0 unspecified atom stereocenters. The molecule has 2 heterocycles. The lowest BCUT2D eigenvalue weighted by Gasteiger charge is -2.04. The molecule has 0 amide bonds. The van der Waals surface area contributed by atoms with E-state index < -0.39 is 4.92 Å². The molecule has 0 aliphatic rings. The minimum atomic E-state index is -0.482. The summed E-state index contributed by atoms with van der Waals surface area (Å²) >= 11 is 3.23. The van der Waals surface area contributed by atoms with Crippen LogP contribution in [0, 0.1) is 17.0 Å². The van der Waals surface area contributed by atoms with Crippen LogP contribution in [0.25, 0.3) is 5.69 Å². The highest BCUT2D eigenvalue weighted by molar-refractivity contribution is 9.10.